The minimum atomic E-state index is -0.261. The van der Waals surface area contributed by atoms with Crippen molar-refractivity contribution in [2.45, 2.75) is 13.3 Å². The summed E-state index contributed by atoms with van der Waals surface area (Å²) in [6.45, 7) is 1.82. The lowest BCUT2D eigenvalue weighted by molar-refractivity contribution is -0.135. The minimum absolute atomic E-state index is 0.0399. The summed E-state index contributed by atoms with van der Waals surface area (Å²) >= 11 is 0. The number of aryl methyl sites for hydroxylation is 1. The van der Waals surface area contributed by atoms with Gasteiger partial charge in [0.25, 0.3) is 5.91 Å². The Morgan fingerprint density at radius 3 is 2.30 bits per heavy atom. The molecular weight excluding hydrogens is 376 g/mol. The third kappa shape index (κ3) is 6.21. The molecule has 0 bridgehead atoms. The molecule has 30 heavy (non-hydrogen) atoms. The SMILES string of the molecule is Cc1ccc(NC(=O)CN(C)C(=O)COc2ccccc2Cc2ccccc2)cc1. The highest BCUT2D eigenvalue weighted by Gasteiger charge is 2.15. The van der Waals surface area contributed by atoms with E-state index in [1.807, 2.05) is 73.7 Å². The Labute approximate surface area is 177 Å². The van der Waals surface area contributed by atoms with Gasteiger partial charge in [-0.2, -0.15) is 0 Å². The van der Waals surface area contributed by atoms with E-state index in [1.54, 1.807) is 7.05 Å². The number of hydrogen-bond donors (Lipinski definition) is 1. The van der Waals surface area contributed by atoms with Gasteiger partial charge in [-0.15, -0.1) is 0 Å². The topological polar surface area (TPSA) is 58.6 Å². The maximum Gasteiger partial charge on any atom is 0.260 e. The lowest BCUT2D eigenvalue weighted by atomic mass is 10.0. The zero-order valence-corrected chi connectivity index (χ0v) is 17.3. The highest BCUT2D eigenvalue weighted by Crippen LogP contribution is 2.21. The average molecular weight is 402 g/mol. The lowest BCUT2D eigenvalue weighted by Crippen LogP contribution is -2.37. The minimum Gasteiger partial charge on any atom is -0.483 e. The first-order valence-corrected chi connectivity index (χ1v) is 9.86. The molecular formula is C25H26N2O3. The fraction of sp³-hybridized carbons (Fsp3) is 0.200. The van der Waals surface area contributed by atoms with E-state index in [2.05, 4.69) is 17.4 Å². The third-order valence-corrected chi connectivity index (χ3v) is 4.70. The van der Waals surface area contributed by atoms with Crippen LogP contribution < -0.4 is 10.1 Å². The highest BCUT2D eigenvalue weighted by molar-refractivity contribution is 5.94. The van der Waals surface area contributed by atoms with Gasteiger partial charge in [-0.05, 0) is 36.2 Å². The number of nitrogens with zero attached hydrogens (tertiary/aromatic N) is 1. The number of para-hydroxylation sites is 1. The Kier molecular flexibility index (Phi) is 7.22. The Morgan fingerprint density at radius 2 is 1.57 bits per heavy atom. The molecule has 5 nitrogen and oxygen atoms in total. The summed E-state index contributed by atoms with van der Waals surface area (Å²) in [7, 11) is 1.59. The number of hydrogen-bond acceptors (Lipinski definition) is 3. The Morgan fingerprint density at radius 1 is 0.900 bits per heavy atom. The number of nitrogens with one attached hydrogen (secondary N) is 1. The summed E-state index contributed by atoms with van der Waals surface area (Å²) in [5, 5.41) is 2.79. The third-order valence-electron chi connectivity index (χ3n) is 4.70. The monoisotopic (exact) mass is 402 g/mol. The van der Waals surface area contributed by atoms with E-state index >= 15 is 0 Å². The van der Waals surface area contributed by atoms with Gasteiger partial charge in [-0.1, -0.05) is 66.2 Å². The molecule has 5 heteroatoms. The van der Waals surface area contributed by atoms with Crippen molar-refractivity contribution in [2.75, 3.05) is 25.5 Å². The molecule has 0 aliphatic carbocycles. The van der Waals surface area contributed by atoms with Gasteiger partial charge in [0.2, 0.25) is 5.91 Å². The first kappa shape index (κ1) is 21.1. The van der Waals surface area contributed by atoms with Crippen molar-refractivity contribution >= 4 is 17.5 Å². The second-order valence-corrected chi connectivity index (χ2v) is 7.22. The van der Waals surface area contributed by atoms with Crippen molar-refractivity contribution in [2.24, 2.45) is 0 Å². The van der Waals surface area contributed by atoms with Crippen molar-refractivity contribution < 1.29 is 14.3 Å². The predicted octanol–water partition coefficient (Wildman–Crippen LogP) is 4.06. The molecule has 0 saturated carbocycles. The molecule has 2 amide bonds. The second kappa shape index (κ2) is 10.3. The summed E-state index contributed by atoms with van der Waals surface area (Å²) in [6, 6.07) is 25.3. The van der Waals surface area contributed by atoms with E-state index in [0.717, 1.165) is 17.5 Å². The molecule has 1 N–H and O–H groups in total. The standard InChI is InChI=1S/C25H26N2O3/c1-19-12-14-22(15-13-19)26-24(28)17-27(2)25(29)18-30-23-11-7-6-10-21(23)16-20-8-4-3-5-9-20/h3-15H,16-18H2,1-2H3,(H,26,28). The number of carbonyl (C=O) groups is 2. The van der Waals surface area contributed by atoms with Crippen LogP contribution >= 0.6 is 0 Å². The molecule has 0 unspecified atom stereocenters. The van der Waals surface area contributed by atoms with Crippen molar-refractivity contribution in [3.63, 3.8) is 0 Å². The van der Waals surface area contributed by atoms with Crippen LogP contribution in [0.4, 0.5) is 5.69 Å². The summed E-state index contributed by atoms with van der Waals surface area (Å²) in [5.41, 5.74) is 4.00. The normalized spacial score (nSPS) is 10.3. The maximum atomic E-state index is 12.4. The molecule has 0 aromatic heterocycles. The molecule has 0 aliphatic heterocycles. The van der Waals surface area contributed by atoms with Gasteiger partial charge < -0.3 is 15.0 Å². The van der Waals surface area contributed by atoms with Gasteiger partial charge in [-0.3, -0.25) is 9.59 Å². The fourth-order valence-corrected chi connectivity index (χ4v) is 3.00. The predicted molar refractivity (Wildman–Crippen MR) is 119 cm³/mol. The zero-order valence-electron chi connectivity index (χ0n) is 17.3. The van der Waals surface area contributed by atoms with Crippen LogP contribution in [-0.4, -0.2) is 36.9 Å². The molecule has 3 rings (SSSR count). The zero-order chi connectivity index (χ0) is 21.3. The van der Waals surface area contributed by atoms with Crippen molar-refractivity contribution in [3.05, 3.63) is 95.6 Å². The van der Waals surface area contributed by atoms with Crippen LogP contribution in [0.3, 0.4) is 0 Å². The average Bonchev–Trinajstić information content (AvgIpc) is 2.75. The molecule has 3 aromatic carbocycles. The van der Waals surface area contributed by atoms with Crippen LogP contribution in [0.15, 0.2) is 78.9 Å². The highest BCUT2D eigenvalue weighted by atomic mass is 16.5. The van der Waals surface area contributed by atoms with E-state index in [0.29, 0.717) is 11.4 Å². The van der Waals surface area contributed by atoms with Crippen molar-refractivity contribution in [1.82, 2.24) is 4.90 Å². The summed E-state index contributed by atoms with van der Waals surface area (Å²) in [4.78, 5) is 26.0. The summed E-state index contributed by atoms with van der Waals surface area (Å²) < 4.78 is 5.78. The quantitative estimate of drug-likeness (QED) is 0.618. The van der Waals surface area contributed by atoms with Crippen LogP contribution in [0.5, 0.6) is 5.75 Å². The molecule has 0 spiro atoms. The summed E-state index contributed by atoms with van der Waals surface area (Å²) in [5.74, 6) is 0.162. The molecule has 0 aliphatic rings. The Balaban J connectivity index is 1.52. The second-order valence-electron chi connectivity index (χ2n) is 7.22. The van der Waals surface area contributed by atoms with Crippen LogP contribution in [-0.2, 0) is 16.0 Å². The van der Waals surface area contributed by atoms with Gasteiger partial charge in [-0.25, -0.2) is 0 Å². The summed E-state index contributed by atoms with van der Waals surface area (Å²) in [6.07, 6.45) is 0.722. The first-order valence-electron chi connectivity index (χ1n) is 9.86. The number of carbonyl (C=O) groups excluding carboxylic acids is 2. The van der Waals surface area contributed by atoms with E-state index in [-0.39, 0.29) is 25.0 Å². The van der Waals surface area contributed by atoms with E-state index in [4.69, 9.17) is 4.74 Å². The van der Waals surface area contributed by atoms with Crippen LogP contribution in [0.1, 0.15) is 16.7 Å². The van der Waals surface area contributed by atoms with Gasteiger partial charge in [0, 0.05) is 19.2 Å². The maximum absolute atomic E-state index is 12.4. The fourth-order valence-electron chi connectivity index (χ4n) is 3.00. The largest absolute Gasteiger partial charge is 0.483 e. The number of likely N-dealkylation sites (N-methyl/N-ethyl adjacent to an activating group) is 1. The number of anilines is 1. The van der Waals surface area contributed by atoms with Gasteiger partial charge in [0.05, 0.1) is 6.54 Å². The van der Waals surface area contributed by atoms with Crippen LogP contribution in [0, 0.1) is 6.92 Å². The van der Waals surface area contributed by atoms with E-state index in [9.17, 15) is 9.59 Å². The van der Waals surface area contributed by atoms with Gasteiger partial charge in [0.15, 0.2) is 6.61 Å². The number of rotatable bonds is 8. The van der Waals surface area contributed by atoms with Gasteiger partial charge >= 0.3 is 0 Å². The molecule has 0 heterocycles. The van der Waals surface area contributed by atoms with E-state index < -0.39 is 0 Å². The molecule has 154 valence electrons. The smallest absolute Gasteiger partial charge is 0.260 e. The molecule has 0 fully saturated rings. The number of benzene rings is 3. The Bertz CT molecular complexity index is 985. The Hall–Kier alpha value is -3.60. The number of amides is 2. The van der Waals surface area contributed by atoms with Crippen LogP contribution in [0.2, 0.25) is 0 Å². The van der Waals surface area contributed by atoms with Crippen molar-refractivity contribution in [1.29, 1.82) is 0 Å². The molecule has 3 aromatic rings. The molecule has 0 radical (unpaired) electrons. The van der Waals surface area contributed by atoms with E-state index in [1.165, 1.54) is 10.5 Å². The van der Waals surface area contributed by atoms with Gasteiger partial charge in [0.1, 0.15) is 5.75 Å². The first-order chi connectivity index (χ1) is 14.5. The molecule has 0 atom stereocenters. The molecule has 0 saturated heterocycles. The number of ether oxygens (including phenoxy) is 1. The van der Waals surface area contributed by atoms with Crippen LogP contribution in [0.25, 0.3) is 0 Å². The lowest BCUT2D eigenvalue weighted by Gasteiger charge is -2.18. The van der Waals surface area contributed by atoms with Crippen molar-refractivity contribution in [3.8, 4) is 5.75 Å².